The summed E-state index contributed by atoms with van der Waals surface area (Å²) >= 11 is 0. The molecule has 0 amide bonds. The highest BCUT2D eigenvalue weighted by molar-refractivity contribution is 6.02. The molecule has 2 aromatic carbocycles. The average Bonchev–Trinajstić information content (AvgIpc) is 3.40. The molecule has 13 heteroatoms. The predicted octanol–water partition coefficient (Wildman–Crippen LogP) is 5.70. The van der Waals surface area contributed by atoms with Gasteiger partial charge in [-0.05, 0) is 37.3 Å². The topological polar surface area (TPSA) is 72.8 Å². The summed E-state index contributed by atoms with van der Waals surface area (Å²) in [5.74, 6) is -2.15. The minimum Gasteiger partial charge on any atom is -0.461 e. The van der Waals surface area contributed by atoms with Crippen molar-refractivity contribution in [3.05, 3.63) is 48.2 Å². The zero-order valence-corrected chi connectivity index (χ0v) is 24.0. The highest BCUT2D eigenvalue weighted by Gasteiger charge is 2.58. The van der Waals surface area contributed by atoms with E-state index in [9.17, 15) is 17.6 Å². The molecular weight excluding hydrogens is 597 g/mol. The summed E-state index contributed by atoms with van der Waals surface area (Å²) in [6.07, 6.45) is -0.521. The number of alkyl halides is 3. The first-order valence-electron chi connectivity index (χ1n) is 16.0. The van der Waals surface area contributed by atoms with Gasteiger partial charge in [0.25, 0.3) is 0 Å². The van der Waals surface area contributed by atoms with Crippen LogP contribution in [0.1, 0.15) is 28.4 Å². The van der Waals surface area contributed by atoms with Gasteiger partial charge in [0.05, 0.1) is 19.7 Å². The minimum atomic E-state index is -2.47. The lowest BCUT2D eigenvalue weighted by molar-refractivity contribution is 0.105. The van der Waals surface area contributed by atoms with Crippen LogP contribution in [-0.4, -0.2) is 89.5 Å². The molecule has 3 saturated heterocycles. The van der Waals surface area contributed by atoms with E-state index >= 15 is 4.39 Å². The zero-order chi connectivity index (χ0) is 32.7. The van der Waals surface area contributed by atoms with Crippen molar-refractivity contribution in [1.82, 2.24) is 19.9 Å². The molecule has 0 bridgehead atoms. The Hall–Kier alpha value is -3.84. The third-order valence-electron chi connectivity index (χ3n) is 9.30. The highest BCUT2D eigenvalue weighted by Crippen LogP contribution is 2.44. The first kappa shape index (κ1) is 26.4. The Morgan fingerprint density at radius 2 is 1.98 bits per heavy atom. The Kier molecular flexibility index (Phi) is 6.39. The fourth-order valence-electron chi connectivity index (χ4n) is 7.21. The number of pyridine rings is 1. The molecule has 1 aliphatic carbocycles. The van der Waals surface area contributed by atoms with Gasteiger partial charge in [0.2, 0.25) is 6.86 Å². The molecule has 236 valence electrons. The van der Waals surface area contributed by atoms with Crippen molar-refractivity contribution in [3.63, 3.8) is 0 Å². The maximum Gasteiger partial charge on any atom is 0.319 e. The summed E-state index contributed by atoms with van der Waals surface area (Å²) in [5.41, 5.74) is -1.74. The molecule has 0 radical (unpaired) electrons. The van der Waals surface area contributed by atoms with Crippen molar-refractivity contribution in [3.8, 4) is 23.0 Å². The van der Waals surface area contributed by atoms with Crippen LogP contribution in [-0.2, 0) is 4.74 Å². The maximum atomic E-state index is 16.8. The zero-order valence-electron chi connectivity index (χ0n) is 26.0. The van der Waals surface area contributed by atoms with Crippen molar-refractivity contribution in [2.24, 2.45) is 0 Å². The molecular formula is C32H30F5N5O3. The van der Waals surface area contributed by atoms with Crippen molar-refractivity contribution in [2.45, 2.75) is 55.7 Å². The van der Waals surface area contributed by atoms with Gasteiger partial charge >= 0.3 is 6.01 Å². The van der Waals surface area contributed by atoms with E-state index in [1.807, 2.05) is 0 Å². The third kappa shape index (κ3) is 4.65. The van der Waals surface area contributed by atoms with E-state index in [2.05, 4.69) is 15.0 Å². The molecule has 0 unspecified atom stereocenters. The van der Waals surface area contributed by atoms with Crippen LogP contribution in [0.3, 0.4) is 0 Å². The number of nitrogens with zero attached hydrogens (tertiary/aromatic N) is 5. The smallest absolute Gasteiger partial charge is 0.319 e. The Labute approximate surface area is 257 Å². The molecule has 8 nitrogen and oxygen atoms in total. The second-order valence-electron chi connectivity index (χ2n) is 12.0. The Morgan fingerprint density at radius 1 is 1.09 bits per heavy atom. The normalized spacial score (nSPS) is 28.9. The van der Waals surface area contributed by atoms with Crippen LogP contribution in [0.15, 0.2) is 36.5 Å². The van der Waals surface area contributed by atoms with Gasteiger partial charge < -0.3 is 19.1 Å². The minimum absolute atomic E-state index is 0.0742. The molecule has 0 spiro atoms. The van der Waals surface area contributed by atoms with Crippen molar-refractivity contribution < 1.29 is 38.9 Å². The van der Waals surface area contributed by atoms with Crippen molar-refractivity contribution in [2.75, 3.05) is 44.6 Å². The Bertz CT molecular complexity index is 1890. The van der Waals surface area contributed by atoms with Gasteiger partial charge in [-0.25, -0.2) is 22.0 Å². The van der Waals surface area contributed by atoms with Gasteiger partial charge in [0.15, 0.2) is 23.6 Å². The monoisotopic (exact) mass is 629 g/mol. The standard InChI is InChI=1S/C32H30F5N5O3/c33-16-45-28-21(35)7-6-17-4-1-5-19(22(17)28)25-23(36)26-20(13-38-25)30(42-10-3-11-43-29-24(37)27(29)42)40-31(39-26)44-15-32-8-2-9-41(32)14-18(34)12-32/h1,4-7,13,18,24,27,29H,2-3,8-12,14-16H2/t18-,24-,27-,29+,32+/m1/s1/i15D2. The molecule has 5 heterocycles. The number of aromatic nitrogens is 3. The summed E-state index contributed by atoms with van der Waals surface area (Å²) in [4.78, 5) is 16.6. The molecule has 2 aromatic heterocycles. The van der Waals surface area contributed by atoms with Crippen LogP contribution in [0.4, 0.5) is 27.8 Å². The van der Waals surface area contributed by atoms with Crippen LogP contribution in [0.25, 0.3) is 32.9 Å². The molecule has 45 heavy (non-hydrogen) atoms. The van der Waals surface area contributed by atoms with Gasteiger partial charge in [0, 0.05) is 43.3 Å². The molecule has 4 fully saturated rings. The summed E-state index contributed by atoms with van der Waals surface area (Å²) in [7, 11) is 0. The van der Waals surface area contributed by atoms with Gasteiger partial charge in [-0.2, -0.15) is 9.97 Å². The molecule has 1 saturated carbocycles. The molecule has 4 aromatic rings. The maximum absolute atomic E-state index is 16.8. The Balaban J connectivity index is 1.31. The number of fused-ring (bicyclic) bond motifs is 4. The van der Waals surface area contributed by atoms with Gasteiger partial charge in [-0.1, -0.05) is 24.3 Å². The SMILES string of the molecule is [2H]C([2H])(Oc1nc(N2CCCO[C@H]3[C@H](F)[C@H]32)c2cnc(-c3cccc4ccc(F)c(OCF)c34)c(F)c2n1)[C@@]12CCCN1C[C@H](F)C2. The number of anilines is 1. The van der Waals surface area contributed by atoms with Crippen molar-refractivity contribution >= 4 is 27.5 Å². The third-order valence-corrected chi connectivity index (χ3v) is 9.30. The second kappa shape index (κ2) is 10.9. The van der Waals surface area contributed by atoms with E-state index in [1.54, 1.807) is 21.9 Å². The largest absolute Gasteiger partial charge is 0.461 e. The summed E-state index contributed by atoms with van der Waals surface area (Å²) in [6, 6.07) is 6.06. The summed E-state index contributed by atoms with van der Waals surface area (Å²) in [5, 5.41) is 0.637. The lowest BCUT2D eigenvalue weighted by Gasteiger charge is -2.31. The first-order chi connectivity index (χ1) is 22.6. The van der Waals surface area contributed by atoms with Gasteiger partial charge in [-0.15, -0.1) is 0 Å². The molecule has 5 atom stereocenters. The average molecular weight is 630 g/mol. The van der Waals surface area contributed by atoms with Crippen LogP contribution in [0.5, 0.6) is 11.8 Å². The highest BCUT2D eigenvalue weighted by atomic mass is 19.2. The fraction of sp³-hybridized carbons (Fsp3) is 0.469. The van der Waals surface area contributed by atoms with Crippen LogP contribution < -0.4 is 14.4 Å². The quantitative estimate of drug-likeness (QED) is 0.241. The van der Waals surface area contributed by atoms with Crippen LogP contribution in [0.2, 0.25) is 0 Å². The van der Waals surface area contributed by atoms with E-state index in [-0.39, 0.29) is 46.3 Å². The van der Waals surface area contributed by atoms with Gasteiger partial charge in [0.1, 0.15) is 35.9 Å². The molecule has 8 rings (SSSR count). The van der Waals surface area contributed by atoms with E-state index in [1.165, 1.54) is 18.3 Å². The summed E-state index contributed by atoms with van der Waals surface area (Å²) < 4.78 is 109. The van der Waals surface area contributed by atoms with Crippen LogP contribution >= 0.6 is 0 Å². The summed E-state index contributed by atoms with van der Waals surface area (Å²) in [6.45, 7) is -2.60. The molecule has 0 N–H and O–H groups in total. The van der Waals surface area contributed by atoms with Gasteiger partial charge in [-0.3, -0.25) is 9.88 Å². The van der Waals surface area contributed by atoms with E-state index in [0.717, 1.165) is 6.07 Å². The first-order valence-corrected chi connectivity index (χ1v) is 15.0. The van der Waals surface area contributed by atoms with E-state index in [0.29, 0.717) is 44.3 Å². The molecule has 3 aliphatic heterocycles. The van der Waals surface area contributed by atoms with Crippen molar-refractivity contribution in [1.29, 1.82) is 0 Å². The Morgan fingerprint density at radius 3 is 2.84 bits per heavy atom. The fourth-order valence-corrected chi connectivity index (χ4v) is 7.21. The number of benzene rings is 2. The van der Waals surface area contributed by atoms with E-state index in [4.69, 9.17) is 17.0 Å². The number of hydrogen-bond donors (Lipinski definition) is 0. The number of hydrogen-bond acceptors (Lipinski definition) is 8. The number of ether oxygens (including phenoxy) is 3. The van der Waals surface area contributed by atoms with Crippen LogP contribution in [0, 0.1) is 11.6 Å². The molecule has 4 aliphatic rings. The predicted molar refractivity (Wildman–Crippen MR) is 156 cm³/mol. The van der Waals surface area contributed by atoms with E-state index < -0.39 is 66.8 Å². The lowest BCUT2D eigenvalue weighted by Crippen LogP contribution is -2.43. The lowest BCUT2D eigenvalue weighted by atomic mass is 9.95. The number of halogens is 5. The second-order valence-corrected chi connectivity index (χ2v) is 12.0. The number of rotatable bonds is 7.